The molecule has 19 heavy (non-hydrogen) atoms. The second-order valence-electron chi connectivity index (χ2n) is 3.78. The number of nitrogens with two attached hydrogens (primary N) is 1. The van der Waals surface area contributed by atoms with E-state index in [4.69, 9.17) is 5.73 Å². The van der Waals surface area contributed by atoms with Crippen molar-refractivity contribution < 1.29 is 17.9 Å². The number of hydrogen-bond donors (Lipinski definition) is 2. The Morgan fingerprint density at radius 2 is 2.11 bits per heavy atom. The summed E-state index contributed by atoms with van der Waals surface area (Å²) in [5, 5.41) is 0. The van der Waals surface area contributed by atoms with E-state index in [2.05, 4.69) is 9.46 Å². The number of methoxy groups -OCH3 is 1. The van der Waals surface area contributed by atoms with Crippen molar-refractivity contribution in [3.8, 4) is 0 Å². The van der Waals surface area contributed by atoms with Crippen LogP contribution in [0.2, 0.25) is 0 Å². The van der Waals surface area contributed by atoms with Crippen molar-refractivity contribution in [1.29, 1.82) is 0 Å². The van der Waals surface area contributed by atoms with Gasteiger partial charge >= 0.3 is 5.97 Å². The third-order valence-electron chi connectivity index (χ3n) is 2.28. The first-order chi connectivity index (χ1) is 8.40. The van der Waals surface area contributed by atoms with E-state index in [1.165, 1.54) is 31.4 Å². The molecule has 1 rings (SSSR count). The predicted molar refractivity (Wildman–Crippen MR) is 73.9 cm³/mol. The standard InChI is InChI=1S/C11H16N2O4S.ClH/c1-8(7-12)13-18(15,16)10-5-3-4-9(6-10)11(14)17-2;/h3-6,8,13H,7,12H2,1-2H3;1H/t8-;/m1./s1. The van der Waals surface area contributed by atoms with Crippen molar-refractivity contribution >= 4 is 28.4 Å². The number of hydrogen-bond acceptors (Lipinski definition) is 5. The Hall–Kier alpha value is -1.15. The molecule has 0 bridgehead atoms. The fourth-order valence-corrected chi connectivity index (χ4v) is 2.59. The Morgan fingerprint density at radius 1 is 1.47 bits per heavy atom. The summed E-state index contributed by atoms with van der Waals surface area (Å²) in [5.41, 5.74) is 5.54. The highest BCUT2D eigenvalue weighted by Gasteiger charge is 2.18. The van der Waals surface area contributed by atoms with Crippen LogP contribution in [-0.2, 0) is 14.8 Å². The van der Waals surface area contributed by atoms with Crippen LogP contribution in [0.5, 0.6) is 0 Å². The van der Waals surface area contributed by atoms with Crippen LogP contribution in [0.1, 0.15) is 17.3 Å². The lowest BCUT2D eigenvalue weighted by Crippen LogP contribution is -2.37. The van der Waals surface area contributed by atoms with Gasteiger partial charge in [0.15, 0.2) is 0 Å². The SMILES string of the molecule is COC(=O)c1cccc(S(=O)(=O)N[C@H](C)CN)c1.Cl. The maximum Gasteiger partial charge on any atom is 0.337 e. The lowest BCUT2D eigenvalue weighted by molar-refractivity contribution is 0.0600. The smallest absolute Gasteiger partial charge is 0.337 e. The fraction of sp³-hybridized carbons (Fsp3) is 0.364. The Labute approximate surface area is 118 Å². The molecule has 0 saturated carbocycles. The second kappa shape index (κ2) is 7.44. The van der Waals surface area contributed by atoms with Gasteiger partial charge in [-0.2, -0.15) is 0 Å². The van der Waals surface area contributed by atoms with Crippen molar-refractivity contribution in [3.05, 3.63) is 29.8 Å². The predicted octanol–water partition coefficient (Wildman–Crippen LogP) is 0.520. The lowest BCUT2D eigenvalue weighted by Gasteiger charge is -2.12. The molecule has 0 amide bonds. The minimum atomic E-state index is -3.67. The molecule has 0 aliphatic carbocycles. The molecular weight excluding hydrogens is 292 g/mol. The Bertz CT molecular complexity index is 533. The van der Waals surface area contributed by atoms with Gasteiger partial charge in [0.05, 0.1) is 17.6 Å². The van der Waals surface area contributed by atoms with Crippen LogP contribution in [0, 0.1) is 0 Å². The molecular formula is C11H17ClN2O4S. The number of esters is 1. The van der Waals surface area contributed by atoms with E-state index in [1.54, 1.807) is 6.92 Å². The maximum absolute atomic E-state index is 11.9. The quantitative estimate of drug-likeness (QED) is 0.773. The third kappa shape index (κ3) is 4.79. The lowest BCUT2D eigenvalue weighted by atomic mass is 10.2. The van der Waals surface area contributed by atoms with Crippen molar-refractivity contribution in [2.75, 3.05) is 13.7 Å². The topological polar surface area (TPSA) is 98.5 Å². The number of benzene rings is 1. The number of rotatable bonds is 5. The number of nitrogens with one attached hydrogen (secondary N) is 1. The van der Waals surface area contributed by atoms with Gasteiger partial charge in [-0.1, -0.05) is 6.07 Å². The van der Waals surface area contributed by atoms with Crippen LogP contribution in [0.25, 0.3) is 0 Å². The van der Waals surface area contributed by atoms with Crippen molar-refractivity contribution in [2.24, 2.45) is 5.73 Å². The fourth-order valence-electron chi connectivity index (χ4n) is 1.29. The van der Waals surface area contributed by atoms with E-state index in [0.717, 1.165) is 0 Å². The second-order valence-corrected chi connectivity index (χ2v) is 5.49. The Kier molecular flexibility index (Phi) is 6.99. The van der Waals surface area contributed by atoms with Crippen LogP contribution < -0.4 is 10.5 Å². The van der Waals surface area contributed by atoms with Gasteiger partial charge in [-0.15, -0.1) is 12.4 Å². The normalized spacial score (nSPS) is 12.4. The van der Waals surface area contributed by atoms with Crippen molar-refractivity contribution in [1.82, 2.24) is 4.72 Å². The summed E-state index contributed by atoms with van der Waals surface area (Å²) >= 11 is 0. The molecule has 0 fully saturated rings. The van der Waals surface area contributed by atoms with Crippen LogP contribution >= 0.6 is 12.4 Å². The highest BCUT2D eigenvalue weighted by atomic mass is 35.5. The van der Waals surface area contributed by atoms with Crippen LogP contribution in [-0.4, -0.2) is 34.1 Å². The molecule has 1 aromatic carbocycles. The summed E-state index contributed by atoms with van der Waals surface area (Å²) in [6.07, 6.45) is 0. The molecule has 1 aromatic rings. The molecule has 0 saturated heterocycles. The Balaban J connectivity index is 0.00000324. The van der Waals surface area contributed by atoms with Gasteiger partial charge in [-0.05, 0) is 25.1 Å². The molecule has 0 aromatic heterocycles. The minimum Gasteiger partial charge on any atom is -0.465 e. The first-order valence-corrected chi connectivity index (χ1v) is 6.80. The molecule has 108 valence electrons. The monoisotopic (exact) mass is 308 g/mol. The number of ether oxygens (including phenoxy) is 1. The molecule has 3 N–H and O–H groups in total. The summed E-state index contributed by atoms with van der Waals surface area (Å²) in [7, 11) is -2.44. The summed E-state index contributed by atoms with van der Waals surface area (Å²) in [6.45, 7) is 1.84. The highest BCUT2D eigenvalue weighted by Crippen LogP contribution is 2.12. The van der Waals surface area contributed by atoms with Crippen molar-refractivity contribution in [3.63, 3.8) is 0 Å². The van der Waals surface area contributed by atoms with Gasteiger partial charge in [0, 0.05) is 12.6 Å². The van der Waals surface area contributed by atoms with Gasteiger partial charge in [0.1, 0.15) is 0 Å². The molecule has 0 radical (unpaired) electrons. The van der Waals surface area contributed by atoms with E-state index in [0.29, 0.717) is 0 Å². The zero-order chi connectivity index (χ0) is 13.8. The molecule has 8 heteroatoms. The third-order valence-corrected chi connectivity index (χ3v) is 3.86. The minimum absolute atomic E-state index is 0. The number of sulfonamides is 1. The zero-order valence-corrected chi connectivity index (χ0v) is 12.3. The van der Waals surface area contributed by atoms with Gasteiger partial charge in [-0.3, -0.25) is 0 Å². The maximum atomic E-state index is 11.9. The average molecular weight is 309 g/mol. The van der Waals surface area contributed by atoms with Crippen molar-refractivity contribution in [2.45, 2.75) is 17.9 Å². The number of carbonyl (C=O) groups is 1. The first-order valence-electron chi connectivity index (χ1n) is 5.31. The van der Waals surface area contributed by atoms with Crippen LogP contribution in [0.15, 0.2) is 29.2 Å². The highest BCUT2D eigenvalue weighted by molar-refractivity contribution is 7.89. The summed E-state index contributed by atoms with van der Waals surface area (Å²) in [6, 6.07) is 5.25. The van der Waals surface area contributed by atoms with E-state index in [-0.39, 0.29) is 35.5 Å². The first kappa shape index (κ1) is 17.8. The largest absolute Gasteiger partial charge is 0.465 e. The summed E-state index contributed by atoms with van der Waals surface area (Å²) in [4.78, 5) is 11.3. The molecule has 6 nitrogen and oxygen atoms in total. The summed E-state index contributed by atoms with van der Waals surface area (Å²) in [5.74, 6) is -0.584. The summed E-state index contributed by atoms with van der Waals surface area (Å²) < 4.78 is 30.8. The number of carbonyl (C=O) groups excluding carboxylic acids is 1. The molecule has 0 aliphatic rings. The van der Waals surface area contributed by atoms with E-state index in [1.807, 2.05) is 0 Å². The van der Waals surface area contributed by atoms with Crippen LogP contribution in [0.3, 0.4) is 0 Å². The molecule has 0 aliphatic heterocycles. The Morgan fingerprint density at radius 3 is 2.63 bits per heavy atom. The molecule has 0 heterocycles. The zero-order valence-electron chi connectivity index (χ0n) is 10.6. The molecule has 0 spiro atoms. The molecule has 1 atom stereocenters. The molecule has 0 unspecified atom stereocenters. The van der Waals surface area contributed by atoms with E-state index >= 15 is 0 Å². The van der Waals surface area contributed by atoms with Crippen LogP contribution in [0.4, 0.5) is 0 Å². The van der Waals surface area contributed by atoms with Gasteiger partial charge in [-0.25, -0.2) is 17.9 Å². The van der Waals surface area contributed by atoms with Gasteiger partial charge in [0.25, 0.3) is 0 Å². The number of halogens is 1. The van der Waals surface area contributed by atoms with Gasteiger partial charge < -0.3 is 10.5 Å². The van der Waals surface area contributed by atoms with E-state index in [9.17, 15) is 13.2 Å². The van der Waals surface area contributed by atoms with Gasteiger partial charge in [0.2, 0.25) is 10.0 Å². The average Bonchev–Trinajstić information content (AvgIpc) is 2.37. The van der Waals surface area contributed by atoms with E-state index < -0.39 is 16.0 Å².